The number of hydrogen-bond donors (Lipinski definition) is 1. The summed E-state index contributed by atoms with van der Waals surface area (Å²) >= 11 is 1.68. The summed E-state index contributed by atoms with van der Waals surface area (Å²) in [4.78, 5) is 26.6. The first-order chi connectivity index (χ1) is 12.6. The minimum absolute atomic E-state index is 0.0210. The van der Waals surface area contributed by atoms with Crippen LogP contribution in [0.25, 0.3) is 21.1 Å². The molecule has 6 nitrogen and oxygen atoms in total. The Balaban J connectivity index is 1.67. The van der Waals surface area contributed by atoms with Crippen LogP contribution in [0.1, 0.15) is 43.9 Å². The molecule has 0 bridgehead atoms. The highest BCUT2D eigenvalue weighted by Gasteiger charge is 2.20. The summed E-state index contributed by atoms with van der Waals surface area (Å²) in [6.07, 6.45) is 7.36. The van der Waals surface area contributed by atoms with Crippen molar-refractivity contribution in [3.63, 3.8) is 0 Å². The zero-order valence-electron chi connectivity index (χ0n) is 15.2. The predicted molar refractivity (Wildman–Crippen MR) is 105 cm³/mol. The van der Waals surface area contributed by atoms with Gasteiger partial charge in [0.25, 0.3) is 5.56 Å². The van der Waals surface area contributed by atoms with Crippen LogP contribution in [0.3, 0.4) is 0 Å². The molecule has 1 N–H and O–H groups in total. The third-order valence-electron chi connectivity index (χ3n) is 5.24. The molecule has 0 aliphatic heterocycles. The third kappa shape index (κ3) is 2.94. The van der Waals surface area contributed by atoms with Crippen molar-refractivity contribution in [2.24, 2.45) is 0 Å². The Hall–Kier alpha value is -2.15. The standard InChI is InChI=1S/C19H24N4O2S/c1-3-22-15-9-12(2)26-18(15)14-10-20-23(19(25)17(14)22)11-16(24)21-13-7-5-4-6-8-13/h9-10,13H,3-8,11H2,1-2H3,(H,21,24). The van der Waals surface area contributed by atoms with Crippen molar-refractivity contribution in [1.82, 2.24) is 19.7 Å². The maximum atomic E-state index is 13.0. The number of fused-ring (bicyclic) bond motifs is 3. The maximum absolute atomic E-state index is 13.0. The third-order valence-corrected chi connectivity index (χ3v) is 6.31. The van der Waals surface area contributed by atoms with E-state index < -0.39 is 0 Å². The van der Waals surface area contributed by atoms with Crippen LogP contribution in [-0.4, -0.2) is 26.3 Å². The molecular formula is C19H24N4O2S. The number of hydrogen-bond acceptors (Lipinski definition) is 4. The fourth-order valence-electron chi connectivity index (χ4n) is 4.02. The van der Waals surface area contributed by atoms with Gasteiger partial charge >= 0.3 is 0 Å². The average Bonchev–Trinajstić information content (AvgIpc) is 3.13. The van der Waals surface area contributed by atoms with Gasteiger partial charge in [0.2, 0.25) is 5.91 Å². The van der Waals surface area contributed by atoms with Gasteiger partial charge in [-0.1, -0.05) is 19.3 Å². The molecule has 0 saturated heterocycles. The maximum Gasteiger partial charge on any atom is 0.291 e. The minimum Gasteiger partial charge on any atom is -0.352 e. The lowest BCUT2D eigenvalue weighted by Gasteiger charge is -2.22. The summed E-state index contributed by atoms with van der Waals surface area (Å²) in [6.45, 7) is 4.79. The Morgan fingerprint density at radius 2 is 2.12 bits per heavy atom. The fraction of sp³-hybridized carbons (Fsp3) is 0.526. The van der Waals surface area contributed by atoms with E-state index in [9.17, 15) is 9.59 Å². The predicted octanol–water partition coefficient (Wildman–Crippen LogP) is 3.19. The highest BCUT2D eigenvalue weighted by Crippen LogP contribution is 2.33. The zero-order chi connectivity index (χ0) is 18.3. The quantitative estimate of drug-likeness (QED) is 0.765. The Morgan fingerprint density at radius 1 is 1.35 bits per heavy atom. The molecule has 0 spiro atoms. The molecule has 1 amide bonds. The topological polar surface area (TPSA) is 68.9 Å². The van der Waals surface area contributed by atoms with Gasteiger partial charge in [-0.15, -0.1) is 11.3 Å². The van der Waals surface area contributed by atoms with Crippen molar-refractivity contribution >= 4 is 38.4 Å². The van der Waals surface area contributed by atoms with Crippen LogP contribution in [0.5, 0.6) is 0 Å². The monoisotopic (exact) mass is 372 g/mol. The molecule has 1 fully saturated rings. The van der Waals surface area contributed by atoms with Gasteiger partial charge in [0.05, 0.1) is 16.4 Å². The van der Waals surface area contributed by atoms with Crippen molar-refractivity contribution < 1.29 is 4.79 Å². The lowest BCUT2D eigenvalue weighted by atomic mass is 9.95. The molecular weight excluding hydrogens is 348 g/mol. The molecule has 3 heterocycles. The van der Waals surface area contributed by atoms with Crippen LogP contribution in [0, 0.1) is 6.92 Å². The number of aryl methyl sites for hydroxylation is 2. The molecule has 0 unspecified atom stereocenters. The van der Waals surface area contributed by atoms with E-state index in [1.807, 2.05) is 11.5 Å². The number of aromatic nitrogens is 3. The molecule has 1 aliphatic carbocycles. The van der Waals surface area contributed by atoms with Gasteiger partial charge in [0.1, 0.15) is 12.1 Å². The average molecular weight is 372 g/mol. The van der Waals surface area contributed by atoms with E-state index in [0.29, 0.717) is 12.1 Å². The Kier molecular flexibility index (Phi) is 4.56. The van der Waals surface area contributed by atoms with Gasteiger partial charge < -0.3 is 9.88 Å². The summed E-state index contributed by atoms with van der Waals surface area (Å²) in [5, 5.41) is 8.22. The van der Waals surface area contributed by atoms with Gasteiger partial charge in [-0.25, -0.2) is 4.68 Å². The number of thiophene rings is 1. The van der Waals surface area contributed by atoms with E-state index in [-0.39, 0.29) is 24.1 Å². The van der Waals surface area contributed by atoms with Gasteiger partial charge in [-0.05, 0) is 32.8 Å². The van der Waals surface area contributed by atoms with Crippen molar-refractivity contribution in [3.8, 4) is 0 Å². The first kappa shape index (κ1) is 17.3. The number of nitrogens with zero attached hydrogens (tertiary/aromatic N) is 3. The van der Waals surface area contributed by atoms with E-state index in [0.717, 1.165) is 41.3 Å². The molecule has 4 rings (SSSR count). The van der Waals surface area contributed by atoms with E-state index in [4.69, 9.17) is 0 Å². The van der Waals surface area contributed by atoms with E-state index in [1.165, 1.54) is 16.0 Å². The molecule has 138 valence electrons. The van der Waals surface area contributed by atoms with Gasteiger partial charge in [0.15, 0.2) is 0 Å². The molecule has 3 aromatic heterocycles. The largest absolute Gasteiger partial charge is 0.352 e. The van der Waals surface area contributed by atoms with E-state index in [1.54, 1.807) is 17.5 Å². The number of carbonyl (C=O) groups is 1. The number of amides is 1. The first-order valence-electron chi connectivity index (χ1n) is 9.36. The minimum atomic E-state index is -0.191. The van der Waals surface area contributed by atoms with Gasteiger partial charge in [-0.2, -0.15) is 5.10 Å². The van der Waals surface area contributed by atoms with E-state index >= 15 is 0 Å². The molecule has 26 heavy (non-hydrogen) atoms. The normalized spacial score (nSPS) is 15.8. The lowest BCUT2D eigenvalue weighted by molar-refractivity contribution is -0.122. The van der Waals surface area contributed by atoms with Crippen molar-refractivity contribution in [2.45, 2.75) is 65.1 Å². The highest BCUT2D eigenvalue weighted by molar-refractivity contribution is 7.20. The lowest BCUT2D eigenvalue weighted by Crippen LogP contribution is -2.40. The Labute approximate surface area is 155 Å². The number of carbonyl (C=O) groups excluding carboxylic acids is 1. The number of nitrogens with one attached hydrogen (secondary N) is 1. The number of rotatable bonds is 4. The second kappa shape index (κ2) is 6.87. The van der Waals surface area contributed by atoms with Crippen LogP contribution >= 0.6 is 11.3 Å². The first-order valence-corrected chi connectivity index (χ1v) is 10.2. The summed E-state index contributed by atoms with van der Waals surface area (Å²) < 4.78 is 4.43. The van der Waals surface area contributed by atoms with Crippen LogP contribution in [0.15, 0.2) is 17.1 Å². The van der Waals surface area contributed by atoms with Crippen LogP contribution in [-0.2, 0) is 17.9 Å². The van der Waals surface area contributed by atoms with Gasteiger partial charge in [-0.3, -0.25) is 9.59 Å². The SMILES string of the molecule is CCn1c2cc(C)sc2c2cnn(CC(=O)NC3CCCCC3)c(=O)c21. The van der Waals surface area contributed by atoms with Crippen LogP contribution < -0.4 is 10.9 Å². The molecule has 3 aromatic rings. The summed E-state index contributed by atoms with van der Waals surface area (Å²) in [7, 11) is 0. The zero-order valence-corrected chi connectivity index (χ0v) is 16.1. The van der Waals surface area contributed by atoms with Crippen molar-refractivity contribution in [1.29, 1.82) is 0 Å². The van der Waals surface area contributed by atoms with Crippen molar-refractivity contribution in [2.75, 3.05) is 0 Å². The van der Waals surface area contributed by atoms with E-state index in [2.05, 4.69) is 23.4 Å². The highest BCUT2D eigenvalue weighted by atomic mass is 32.1. The molecule has 1 aliphatic rings. The Bertz CT molecular complexity index is 1020. The summed E-state index contributed by atoms with van der Waals surface area (Å²) in [5.74, 6) is -0.127. The second-order valence-corrected chi connectivity index (χ2v) is 8.34. The summed E-state index contributed by atoms with van der Waals surface area (Å²) in [5.41, 5.74) is 1.53. The second-order valence-electron chi connectivity index (χ2n) is 7.09. The van der Waals surface area contributed by atoms with Crippen LogP contribution in [0.4, 0.5) is 0 Å². The smallest absolute Gasteiger partial charge is 0.291 e. The fourth-order valence-corrected chi connectivity index (χ4v) is 5.04. The molecule has 0 radical (unpaired) electrons. The van der Waals surface area contributed by atoms with Crippen molar-refractivity contribution in [3.05, 3.63) is 27.5 Å². The summed E-state index contributed by atoms with van der Waals surface area (Å²) in [6, 6.07) is 2.35. The molecule has 7 heteroatoms. The molecule has 1 saturated carbocycles. The van der Waals surface area contributed by atoms with Gasteiger partial charge in [0, 0.05) is 22.8 Å². The van der Waals surface area contributed by atoms with Crippen LogP contribution in [0.2, 0.25) is 0 Å². The molecule has 0 aromatic carbocycles. The molecule has 0 atom stereocenters. The Morgan fingerprint density at radius 3 is 2.85 bits per heavy atom.